The van der Waals surface area contributed by atoms with Crippen molar-refractivity contribution in [2.75, 3.05) is 11.5 Å². The Balaban J connectivity index is 1.11. The summed E-state index contributed by atoms with van der Waals surface area (Å²) in [6.07, 6.45) is 10.9. The molecule has 4 N–H and O–H groups in total. The SMILES string of the molecule is C/C=C\c1ccc2ccc(-c3cccc(-c4ccccc4-c4ccccc4-c4cccc(C/C=C\c5ccc6cccnc6c5N)c4)c3)nc2c1N. The van der Waals surface area contributed by atoms with Crippen molar-refractivity contribution in [2.24, 2.45) is 0 Å². The summed E-state index contributed by atoms with van der Waals surface area (Å²) in [6.45, 7) is 1.99. The summed E-state index contributed by atoms with van der Waals surface area (Å²) in [5.74, 6) is 0. The predicted octanol–water partition coefficient (Wildman–Crippen LogP) is 11.9. The largest absolute Gasteiger partial charge is 0.396 e. The Morgan fingerprint density at radius 1 is 0.519 bits per heavy atom. The summed E-state index contributed by atoms with van der Waals surface area (Å²) in [5, 5.41) is 2.07. The fourth-order valence-corrected chi connectivity index (χ4v) is 7.01. The molecule has 0 saturated heterocycles. The molecule has 0 atom stereocenters. The van der Waals surface area contributed by atoms with Gasteiger partial charge in [0.25, 0.3) is 0 Å². The molecule has 4 heteroatoms. The van der Waals surface area contributed by atoms with Crippen molar-refractivity contribution in [3.8, 4) is 44.6 Å². The standard InChI is InChI=1S/C48H38N4/c1-2-11-33-23-26-36-27-28-44(52-48(36)46(33)50)39-17-9-16-38(31-39)41-20-4-6-22-43(41)42-21-5-3-19-40(42)37-15-8-13-32(30-37)12-7-14-34-24-25-35-18-10-29-51-47(35)45(34)49/h2-11,13-31H,12,49-50H2,1H3/b11-2-,14-7-. The maximum atomic E-state index is 6.58. The number of anilines is 2. The molecule has 0 amide bonds. The molecule has 6 aromatic carbocycles. The van der Waals surface area contributed by atoms with Gasteiger partial charge >= 0.3 is 0 Å². The summed E-state index contributed by atoms with van der Waals surface area (Å²) < 4.78 is 0. The third kappa shape index (κ3) is 6.34. The Bertz CT molecular complexity index is 2650. The molecule has 52 heavy (non-hydrogen) atoms. The zero-order valence-electron chi connectivity index (χ0n) is 29.0. The van der Waals surface area contributed by atoms with E-state index >= 15 is 0 Å². The van der Waals surface area contributed by atoms with Gasteiger partial charge in [-0.1, -0.05) is 152 Å². The van der Waals surface area contributed by atoms with Crippen molar-refractivity contribution < 1.29 is 0 Å². The molecule has 0 saturated carbocycles. The molecule has 8 aromatic rings. The van der Waals surface area contributed by atoms with E-state index in [4.69, 9.17) is 16.5 Å². The maximum absolute atomic E-state index is 6.58. The molecule has 0 aliphatic heterocycles. The van der Waals surface area contributed by atoms with Gasteiger partial charge in [-0.25, -0.2) is 4.98 Å². The number of nitrogen functional groups attached to an aromatic ring is 2. The van der Waals surface area contributed by atoms with Gasteiger partial charge in [0.1, 0.15) is 0 Å². The zero-order chi connectivity index (χ0) is 35.4. The van der Waals surface area contributed by atoms with Crippen LogP contribution in [-0.2, 0) is 6.42 Å². The lowest BCUT2D eigenvalue weighted by Gasteiger charge is -2.16. The fourth-order valence-electron chi connectivity index (χ4n) is 7.01. The van der Waals surface area contributed by atoms with Gasteiger partial charge in [-0.3, -0.25) is 4.98 Å². The van der Waals surface area contributed by atoms with Gasteiger partial charge < -0.3 is 11.5 Å². The van der Waals surface area contributed by atoms with Crippen LogP contribution in [0.4, 0.5) is 11.4 Å². The van der Waals surface area contributed by atoms with E-state index in [0.717, 1.165) is 61.7 Å². The lowest BCUT2D eigenvalue weighted by Crippen LogP contribution is -1.95. The Morgan fingerprint density at radius 2 is 1.12 bits per heavy atom. The van der Waals surface area contributed by atoms with E-state index < -0.39 is 0 Å². The van der Waals surface area contributed by atoms with Crippen molar-refractivity contribution >= 4 is 45.3 Å². The molecule has 4 nitrogen and oxygen atoms in total. The molecule has 2 heterocycles. The monoisotopic (exact) mass is 670 g/mol. The molecule has 2 aromatic heterocycles. The van der Waals surface area contributed by atoms with Crippen molar-refractivity contribution in [2.45, 2.75) is 13.3 Å². The first-order valence-electron chi connectivity index (χ1n) is 17.6. The highest BCUT2D eigenvalue weighted by atomic mass is 14.7. The van der Waals surface area contributed by atoms with Gasteiger partial charge in [-0.05, 0) is 81.6 Å². The fraction of sp³-hybridized carbons (Fsp3) is 0.0417. The molecule has 0 aliphatic carbocycles. The third-order valence-electron chi connectivity index (χ3n) is 9.63. The quantitative estimate of drug-likeness (QED) is 0.158. The van der Waals surface area contributed by atoms with Crippen LogP contribution in [0.5, 0.6) is 0 Å². The first-order chi connectivity index (χ1) is 25.6. The minimum absolute atomic E-state index is 0.697. The van der Waals surface area contributed by atoms with Crippen LogP contribution in [0.2, 0.25) is 0 Å². The Kier molecular flexibility index (Phi) is 8.87. The number of aromatic nitrogens is 2. The first-order valence-corrected chi connectivity index (χ1v) is 17.6. The van der Waals surface area contributed by atoms with E-state index in [1.807, 2.05) is 37.3 Å². The molecular formula is C48H38N4. The van der Waals surface area contributed by atoms with Crippen LogP contribution in [0.1, 0.15) is 23.6 Å². The minimum atomic E-state index is 0.697. The molecule has 0 unspecified atom stereocenters. The van der Waals surface area contributed by atoms with Gasteiger partial charge in [-0.2, -0.15) is 0 Å². The predicted molar refractivity (Wildman–Crippen MR) is 222 cm³/mol. The van der Waals surface area contributed by atoms with Crippen LogP contribution >= 0.6 is 0 Å². The second-order valence-corrected chi connectivity index (χ2v) is 13.0. The van der Waals surface area contributed by atoms with Gasteiger partial charge in [-0.15, -0.1) is 0 Å². The molecule has 0 radical (unpaired) electrons. The smallest absolute Gasteiger partial charge is 0.0944 e. The first kappa shape index (κ1) is 32.4. The van der Waals surface area contributed by atoms with E-state index in [2.05, 4.69) is 145 Å². The van der Waals surface area contributed by atoms with E-state index in [0.29, 0.717) is 11.4 Å². The van der Waals surface area contributed by atoms with Crippen LogP contribution in [0.3, 0.4) is 0 Å². The van der Waals surface area contributed by atoms with Gasteiger partial charge in [0.15, 0.2) is 0 Å². The van der Waals surface area contributed by atoms with Gasteiger partial charge in [0, 0.05) is 22.5 Å². The van der Waals surface area contributed by atoms with Crippen molar-refractivity contribution in [1.82, 2.24) is 9.97 Å². The molecular weight excluding hydrogens is 633 g/mol. The van der Waals surface area contributed by atoms with Gasteiger partial charge in [0.05, 0.1) is 28.1 Å². The highest BCUT2D eigenvalue weighted by molar-refractivity contribution is 5.96. The summed E-state index contributed by atoms with van der Waals surface area (Å²) in [7, 11) is 0. The molecule has 8 rings (SSSR count). The number of nitrogens with two attached hydrogens (primary N) is 2. The topological polar surface area (TPSA) is 77.8 Å². The van der Waals surface area contributed by atoms with Crippen LogP contribution < -0.4 is 11.5 Å². The molecule has 0 bridgehead atoms. The average molecular weight is 671 g/mol. The molecule has 0 spiro atoms. The number of pyridine rings is 2. The Morgan fingerprint density at radius 3 is 1.85 bits per heavy atom. The summed E-state index contributed by atoms with van der Waals surface area (Å²) in [6, 6.07) is 51.1. The van der Waals surface area contributed by atoms with Crippen molar-refractivity contribution in [1.29, 1.82) is 0 Å². The van der Waals surface area contributed by atoms with E-state index in [9.17, 15) is 0 Å². The lowest BCUT2D eigenvalue weighted by atomic mass is 9.88. The van der Waals surface area contributed by atoms with Crippen LogP contribution in [-0.4, -0.2) is 9.97 Å². The molecule has 0 fully saturated rings. The number of rotatable bonds is 8. The van der Waals surface area contributed by atoms with Crippen LogP contribution in [0.15, 0.2) is 164 Å². The summed E-state index contributed by atoms with van der Waals surface area (Å²) >= 11 is 0. The number of hydrogen-bond acceptors (Lipinski definition) is 4. The normalized spacial score (nSPS) is 11.6. The van der Waals surface area contributed by atoms with Crippen LogP contribution in [0, 0.1) is 0 Å². The molecule has 250 valence electrons. The van der Waals surface area contributed by atoms with Crippen molar-refractivity contribution in [3.63, 3.8) is 0 Å². The third-order valence-corrected chi connectivity index (χ3v) is 9.63. The van der Waals surface area contributed by atoms with E-state index in [-0.39, 0.29) is 0 Å². The average Bonchev–Trinajstić information content (AvgIpc) is 3.20. The van der Waals surface area contributed by atoms with E-state index in [1.165, 1.54) is 27.8 Å². The number of hydrogen-bond donors (Lipinski definition) is 2. The Labute approximate surface area is 304 Å². The summed E-state index contributed by atoms with van der Waals surface area (Å²) in [5.41, 5.74) is 28.2. The van der Waals surface area contributed by atoms with Gasteiger partial charge in [0.2, 0.25) is 0 Å². The lowest BCUT2D eigenvalue weighted by molar-refractivity contribution is 1.28. The number of allylic oxidation sites excluding steroid dienone is 2. The summed E-state index contributed by atoms with van der Waals surface area (Å²) in [4.78, 5) is 9.53. The zero-order valence-corrected chi connectivity index (χ0v) is 29.0. The van der Waals surface area contributed by atoms with Crippen LogP contribution in [0.25, 0.3) is 78.6 Å². The number of fused-ring (bicyclic) bond motifs is 2. The molecule has 0 aliphatic rings. The minimum Gasteiger partial charge on any atom is -0.396 e. The second kappa shape index (κ2) is 14.2. The van der Waals surface area contributed by atoms with Crippen molar-refractivity contribution in [3.05, 3.63) is 181 Å². The highest BCUT2D eigenvalue weighted by Gasteiger charge is 2.14. The number of benzene rings is 6. The Hall–Kier alpha value is -6.78. The number of nitrogens with zero attached hydrogens (tertiary/aromatic N) is 2. The van der Waals surface area contributed by atoms with E-state index in [1.54, 1.807) is 6.20 Å². The highest BCUT2D eigenvalue weighted by Crippen LogP contribution is 2.39. The maximum Gasteiger partial charge on any atom is 0.0944 e. The second-order valence-electron chi connectivity index (χ2n) is 13.0.